The fourth-order valence-electron chi connectivity index (χ4n) is 2.33. The van der Waals surface area contributed by atoms with Gasteiger partial charge in [0.1, 0.15) is 5.75 Å². The van der Waals surface area contributed by atoms with Gasteiger partial charge < -0.3 is 4.74 Å². The fraction of sp³-hybridized carbons (Fsp3) is 0.133. The van der Waals surface area contributed by atoms with Crippen LogP contribution in [0.5, 0.6) is 5.75 Å². The van der Waals surface area contributed by atoms with Crippen molar-refractivity contribution < 1.29 is 9.53 Å². The van der Waals surface area contributed by atoms with Crippen LogP contribution in [0.15, 0.2) is 42.5 Å². The highest BCUT2D eigenvalue weighted by Gasteiger charge is 2.28. The monoisotopic (exact) mass is 273 g/mol. The Kier molecular flexibility index (Phi) is 2.91. The Morgan fingerprint density at radius 3 is 2.74 bits per heavy atom. The lowest BCUT2D eigenvalue weighted by Crippen LogP contribution is -2.20. The van der Waals surface area contributed by atoms with Gasteiger partial charge in [-0.3, -0.25) is 9.69 Å². The maximum Gasteiger partial charge on any atom is 0.236 e. The van der Waals surface area contributed by atoms with Gasteiger partial charge in [0.05, 0.1) is 29.9 Å². The second kappa shape index (κ2) is 4.59. The van der Waals surface area contributed by atoms with Crippen molar-refractivity contribution in [2.24, 2.45) is 0 Å². The molecule has 1 amide bonds. The lowest BCUT2D eigenvalue weighted by Gasteiger charge is -2.18. The zero-order valence-corrected chi connectivity index (χ0v) is 11.1. The molecule has 0 N–H and O–H groups in total. The minimum absolute atomic E-state index is 0.0578. The molecule has 19 heavy (non-hydrogen) atoms. The SMILES string of the molecule is COc1ccc(N2C(=O)Cc3ccccc32)cc1Cl. The van der Waals surface area contributed by atoms with Gasteiger partial charge in [-0.1, -0.05) is 29.8 Å². The van der Waals surface area contributed by atoms with E-state index in [1.54, 1.807) is 24.1 Å². The Balaban J connectivity index is 2.07. The summed E-state index contributed by atoms with van der Waals surface area (Å²) in [5, 5.41) is 0.497. The number of halogens is 1. The van der Waals surface area contributed by atoms with Crippen LogP contribution in [0, 0.1) is 0 Å². The molecule has 4 heteroatoms. The van der Waals surface area contributed by atoms with Gasteiger partial charge in [-0.15, -0.1) is 0 Å². The Labute approximate surface area is 116 Å². The molecule has 0 atom stereocenters. The number of hydrogen-bond acceptors (Lipinski definition) is 2. The van der Waals surface area contributed by atoms with Gasteiger partial charge >= 0.3 is 0 Å². The summed E-state index contributed by atoms with van der Waals surface area (Å²) in [4.78, 5) is 13.8. The summed E-state index contributed by atoms with van der Waals surface area (Å²) in [5.74, 6) is 0.660. The summed E-state index contributed by atoms with van der Waals surface area (Å²) in [6.07, 6.45) is 0.430. The number of nitrogens with zero attached hydrogens (tertiary/aromatic N) is 1. The summed E-state index contributed by atoms with van der Waals surface area (Å²) < 4.78 is 5.12. The molecular weight excluding hydrogens is 262 g/mol. The second-order valence-corrected chi connectivity index (χ2v) is 4.76. The first-order valence-electron chi connectivity index (χ1n) is 5.95. The maximum atomic E-state index is 12.1. The second-order valence-electron chi connectivity index (χ2n) is 4.35. The first-order valence-corrected chi connectivity index (χ1v) is 6.33. The molecule has 0 unspecified atom stereocenters. The third-order valence-electron chi connectivity index (χ3n) is 3.22. The quantitative estimate of drug-likeness (QED) is 0.837. The molecule has 0 spiro atoms. The van der Waals surface area contributed by atoms with Gasteiger partial charge in [0.15, 0.2) is 0 Å². The number of ether oxygens (including phenoxy) is 1. The number of benzene rings is 2. The zero-order chi connectivity index (χ0) is 13.4. The molecule has 1 heterocycles. The van der Waals surface area contributed by atoms with Crippen molar-refractivity contribution in [1.29, 1.82) is 0 Å². The van der Waals surface area contributed by atoms with Crippen LogP contribution in [-0.4, -0.2) is 13.0 Å². The smallest absolute Gasteiger partial charge is 0.236 e. The lowest BCUT2D eigenvalue weighted by molar-refractivity contribution is -0.116. The van der Waals surface area contributed by atoms with Gasteiger partial charge in [-0.25, -0.2) is 0 Å². The largest absolute Gasteiger partial charge is 0.495 e. The predicted octanol–water partition coefficient (Wildman–Crippen LogP) is 3.57. The minimum atomic E-state index is 0.0578. The van der Waals surface area contributed by atoms with Crippen LogP contribution in [0.1, 0.15) is 5.56 Å². The molecule has 0 bridgehead atoms. The highest BCUT2D eigenvalue weighted by molar-refractivity contribution is 6.32. The van der Waals surface area contributed by atoms with Crippen molar-refractivity contribution in [3.63, 3.8) is 0 Å². The van der Waals surface area contributed by atoms with Crippen molar-refractivity contribution in [2.45, 2.75) is 6.42 Å². The molecule has 3 nitrogen and oxygen atoms in total. The van der Waals surface area contributed by atoms with E-state index in [1.807, 2.05) is 30.3 Å². The molecule has 0 aromatic heterocycles. The van der Waals surface area contributed by atoms with Crippen molar-refractivity contribution in [1.82, 2.24) is 0 Å². The summed E-state index contributed by atoms with van der Waals surface area (Å²) in [6.45, 7) is 0. The van der Waals surface area contributed by atoms with E-state index in [2.05, 4.69) is 0 Å². The van der Waals surface area contributed by atoms with Crippen molar-refractivity contribution in [2.75, 3.05) is 12.0 Å². The van der Waals surface area contributed by atoms with E-state index in [0.29, 0.717) is 17.2 Å². The molecule has 2 aromatic carbocycles. The van der Waals surface area contributed by atoms with E-state index >= 15 is 0 Å². The molecule has 96 valence electrons. The van der Waals surface area contributed by atoms with E-state index in [1.165, 1.54) is 0 Å². The van der Waals surface area contributed by atoms with E-state index in [9.17, 15) is 4.79 Å². The van der Waals surface area contributed by atoms with Gasteiger partial charge in [0, 0.05) is 0 Å². The number of hydrogen-bond donors (Lipinski definition) is 0. The summed E-state index contributed by atoms with van der Waals surface area (Å²) >= 11 is 6.12. The molecule has 0 saturated heterocycles. The Bertz CT molecular complexity index is 654. The highest BCUT2D eigenvalue weighted by atomic mass is 35.5. The third-order valence-corrected chi connectivity index (χ3v) is 3.51. The van der Waals surface area contributed by atoms with E-state index in [-0.39, 0.29) is 5.91 Å². The Morgan fingerprint density at radius 1 is 1.21 bits per heavy atom. The number of fused-ring (bicyclic) bond motifs is 1. The van der Waals surface area contributed by atoms with Crippen molar-refractivity contribution >= 4 is 28.9 Å². The first-order chi connectivity index (χ1) is 9.20. The number of anilines is 2. The standard InChI is InChI=1S/C15H12ClNO2/c1-19-14-7-6-11(9-12(14)16)17-13-5-3-2-4-10(13)8-15(17)18/h2-7,9H,8H2,1H3. The van der Waals surface area contributed by atoms with Gasteiger partial charge in [-0.05, 0) is 29.8 Å². The third kappa shape index (κ3) is 1.96. The average Bonchev–Trinajstić information content (AvgIpc) is 2.74. The molecular formula is C15H12ClNO2. The highest BCUT2D eigenvalue weighted by Crippen LogP contribution is 2.38. The van der Waals surface area contributed by atoms with Gasteiger partial charge in [-0.2, -0.15) is 0 Å². The predicted molar refractivity (Wildman–Crippen MR) is 75.3 cm³/mol. The van der Waals surface area contributed by atoms with E-state index in [4.69, 9.17) is 16.3 Å². The Morgan fingerprint density at radius 2 is 2.00 bits per heavy atom. The minimum Gasteiger partial charge on any atom is -0.495 e. The molecule has 0 radical (unpaired) electrons. The lowest BCUT2D eigenvalue weighted by atomic mass is 10.2. The molecule has 1 aliphatic rings. The van der Waals surface area contributed by atoms with Crippen LogP contribution in [-0.2, 0) is 11.2 Å². The summed E-state index contributed by atoms with van der Waals surface area (Å²) in [6, 6.07) is 13.1. The molecule has 1 aliphatic heterocycles. The van der Waals surface area contributed by atoms with Crippen molar-refractivity contribution in [3.05, 3.63) is 53.1 Å². The number of amides is 1. The van der Waals surface area contributed by atoms with Gasteiger partial charge in [0.25, 0.3) is 0 Å². The molecule has 0 aliphatic carbocycles. The molecule has 0 saturated carbocycles. The maximum absolute atomic E-state index is 12.1. The zero-order valence-electron chi connectivity index (χ0n) is 10.4. The first kappa shape index (κ1) is 12.1. The molecule has 3 rings (SSSR count). The molecule has 2 aromatic rings. The van der Waals surface area contributed by atoms with Crippen LogP contribution in [0.25, 0.3) is 0 Å². The number of methoxy groups -OCH3 is 1. The van der Waals surface area contributed by atoms with Crippen molar-refractivity contribution in [3.8, 4) is 5.75 Å². The fourth-order valence-corrected chi connectivity index (χ4v) is 2.58. The number of carbonyl (C=O) groups excluding carboxylic acids is 1. The van der Waals surface area contributed by atoms with Gasteiger partial charge in [0.2, 0.25) is 5.91 Å². The van der Waals surface area contributed by atoms with Crippen LogP contribution < -0.4 is 9.64 Å². The van der Waals surface area contributed by atoms with Crippen LogP contribution in [0.3, 0.4) is 0 Å². The average molecular weight is 274 g/mol. The normalized spacial score (nSPS) is 13.6. The number of rotatable bonds is 2. The van der Waals surface area contributed by atoms with Crippen LogP contribution in [0.2, 0.25) is 5.02 Å². The van der Waals surface area contributed by atoms with E-state index in [0.717, 1.165) is 16.9 Å². The van der Waals surface area contributed by atoms with E-state index < -0.39 is 0 Å². The number of para-hydroxylation sites is 1. The summed E-state index contributed by atoms with van der Waals surface area (Å²) in [7, 11) is 1.57. The van der Waals surface area contributed by atoms with Crippen LogP contribution in [0.4, 0.5) is 11.4 Å². The number of carbonyl (C=O) groups is 1. The summed E-state index contributed by atoms with van der Waals surface area (Å²) in [5.41, 5.74) is 2.73. The van der Waals surface area contributed by atoms with Crippen LogP contribution >= 0.6 is 11.6 Å². The molecule has 0 fully saturated rings. The Hall–Kier alpha value is -2.00. The topological polar surface area (TPSA) is 29.5 Å².